The molecule has 4 aromatic rings. The number of carbonyl (C=O) groups excluding carboxylic acids is 2. The maximum absolute atomic E-state index is 13.5. The van der Waals surface area contributed by atoms with Crippen molar-refractivity contribution in [2.45, 2.75) is 26.8 Å². The van der Waals surface area contributed by atoms with Crippen molar-refractivity contribution in [1.82, 2.24) is 4.98 Å². The second-order valence-electron chi connectivity index (χ2n) is 9.63. The first-order chi connectivity index (χ1) is 17.9. The molecule has 1 aromatic heterocycles. The maximum Gasteiger partial charge on any atom is 0.300 e. The summed E-state index contributed by atoms with van der Waals surface area (Å²) in [7, 11) is 0. The van der Waals surface area contributed by atoms with E-state index in [0.717, 1.165) is 16.3 Å². The number of nitrogens with zero attached hydrogens (tertiary/aromatic N) is 2. The lowest BCUT2D eigenvalue weighted by Crippen LogP contribution is -2.29. The first-order valence-corrected chi connectivity index (χ1v) is 12.3. The second-order valence-corrected chi connectivity index (χ2v) is 9.63. The van der Waals surface area contributed by atoms with Gasteiger partial charge in [-0.3, -0.25) is 19.5 Å². The van der Waals surface area contributed by atoms with Gasteiger partial charge in [0.2, 0.25) is 0 Å². The third-order valence-corrected chi connectivity index (χ3v) is 6.51. The van der Waals surface area contributed by atoms with Crippen molar-refractivity contribution in [3.8, 4) is 5.75 Å². The zero-order valence-electron chi connectivity index (χ0n) is 21.0. The predicted octanol–water partition coefficient (Wildman–Crippen LogP) is 6.20. The summed E-state index contributed by atoms with van der Waals surface area (Å²) in [6, 6.07) is 21.3. The van der Waals surface area contributed by atoms with Crippen LogP contribution in [0.4, 0.5) is 5.69 Å². The van der Waals surface area contributed by atoms with E-state index in [1.807, 2.05) is 49.4 Å². The monoisotopic (exact) mass is 492 g/mol. The third-order valence-electron chi connectivity index (χ3n) is 6.51. The summed E-state index contributed by atoms with van der Waals surface area (Å²) >= 11 is 0. The number of aliphatic hydroxyl groups excluding tert-OH is 1. The number of ether oxygens (including phenoxy) is 1. The SMILES string of the molecule is Cc1cc(/C(O)=C2\C(=O)C(=O)N(c3cccc4ccccc34)C2c2ccncc2)ccc1OCC(C)C. The number of aliphatic hydroxyl groups is 1. The molecule has 0 bridgehead atoms. The molecule has 1 aliphatic heterocycles. The average molecular weight is 493 g/mol. The Kier molecular flexibility index (Phi) is 6.49. The van der Waals surface area contributed by atoms with E-state index in [2.05, 4.69) is 18.8 Å². The molecule has 1 fully saturated rings. The van der Waals surface area contributed by atoms with Gasteiger partial charge in [-0.2, -0.15) is 0 Å². The summed E-state index contributed by atoms with van der Waals surface area (Å²) in [5, 5.41) is 13.3. The highest BCUT2D eigenvalue weighted by atomic mass is 16.5. The summed E-state index contributed by atoms with van der Waals surface area (Å²) in [5.41, 5.74) is 2.60. The van der Waals surface area contributed by atoms with Crippen LogP contribution in [-0.4, -0.2) is 28.4 Å². The number of fused-ring (bicyclic) bond motifs is 1. The fourth-order valence-corrected chi connectivity index (χ4v) is 4.73. The lowest BCUT2D eigenvalue weighted by Gasteiger charge is -2.26. The minimum absolute atomic E-state index is 0.0411. The van der Waals surface area contributed by atoms with Crippen LogP contribution in [0.1, 0.15) is 36.6 Å². The lowest BCUT2D eigenvalue weighted by atomic mass is 9.95. The zero-order valence-corrected chi connectivity index (χ0v) is 21.0. The van der Waals surface area contributed by atoms with Gasteiger partial charge >= 0.3 is 0 Å². The van der Waals surface area contributed by atoms with Crippen LogP contribution in [-0.2, 0) is 9.59 Å². The number of hydrogen-bond donors (Lipinski definition) is 1. The Balaban J connectivity index is 1.67. The van der Waals surface area contributed by atoms with E-state index in [4.69, 9.17) is 4.74 Å². The molecule has 1 aliphatic rings. The Morgan fingerprint density at radius 1 is 1.00 bits per heavy atom. The van der Waals surface area contributed by atoms with Crippen LogP contribution in [0.15, 0.2) is 90.8 Å². The molecule has 2 heterocycles. The van der Waals surface area contributed by atoms with Crippen LogP contribution in [0, 0.1) is 12.8 Å². The summed E-state index contributed by atoms with van der Waals surface area (Å²) in [6.07, 6.45) is 3.23. The number of ketones is 1. The van der Waals surface area contributed by atoms with Gasteiger partial charge in [0.05, 0.1) is 23.9 Å². The fourth-order valence-electron chi connectivity index (χ4n) is 4.73. The van der Waals surface area contributed by atoms with E-state index in [1.54, 1.807) is 42.7 Å². The molecule has 0 radical (unpaired) electrons. The van der Waals surface area contributed by atoms with E-state index in [0.29, 0.717) is 35.1 Å². The second kappa shape index (κ2) is 9.90. The van der Waals surface area contributed by atoms with Gasteiger partial charge in [-0.05, 0) is 65.8 Å². The van der Waals surface area contributed by atoms with Crippen molar-refractivity contribution in [2.24, 2.45) is 5.92 Å². The largest absolute Gasteiger partial charge is 0.507 e. The molecule has 1 unspecified atom stereocenters. The minimum atomic E-state index is -0.814. The molecule has 186 valence electrons. The highest BCUT2D eigenvalue weighted by molar-refractivity contribution is 6.52. The van der Waals surface area contributed by atoms with Gasteiger partial charge in [-0.15, -0.1) is 0 Å². The maximum atomic E-state index is 13.5. The van der Waals surface area contributed by atoms with Crippen molar-refractivity contribution in [3.05, 3.63) is 107 Å². The number of aryl methyl sites for hydroxylation is 1. The number of aromatic nitrogens is 1. The van der Waals surface area contributed by atoms with Gasteiger partial charge in [0, 0.05) is 23.3 Å². The van der Waals surface area contributed by atoms with Crippen LogP contribution in [0.5, 0.6) is 5.75 Å². The van der Waals surface area contributed by atoms with E-state index in [1.165, 1.54) is 4.90 Å². The Bertz CT molecular complexity index is 1520. The van der Waals surface area contributed by atoms with Crippen LogP contribution < -0.4 is 9.64 Å². The molecule has 5 rings (SSSR count). The normalized spacial score (nSPS) is 17.1. The Labute approximate surface area is 215 Å². The number of carbonyl (C=O) groups is 2. The van der Waals surface area contributed by atoms with Crippen LogP contribution in [0.25, 0.3) is 16.5 Å². The molecule has 1 saturated heterocycles. The lowest BCUT2D eigenvalue weighted by molar-refractivity contribution is -0.132. The first kappa shape index (κ1) is 24.3. The Morgan fingerprint density at radius 2 is 1.73 bits per heavy atom. The molecule has 0 aliphatic carbocycles. The smallest absolute Gasteiger partial charge is 0.300 e. The number of anilines is 1. The topological polar surface area (TPSA) is 79.7 Å². The third kappa shape index (κ3) is 4.47. The molecule has 3 aromatic carbocycles. The van der Waals surface area contributed by atoms with Gasteiger partial charge in [0.15, 0.2) is 0 Å². The Hall–Kier alpha value is -4.45. The molecule has 37 heavy (non-hydrogen) atoms. The number of hydrogen-bond acceptors (Lipinski definition) is 5. The van der Waals surface area contributed by atoms with Crippen molar-refractivity contribution in [2.75, 3.05) is 11.5 Å². The van der Waals surface area contributed by atoms with E-state index in [-0.39, 0.29) is 11.3 Å². The van der Waals surface area contributed by atoms with Gasteiger partial charge in [0.25, 0.3) is 11.7 Å². The van der Waals surface area contributed by atoms with Crippen molar-refractivity contribution in [3.63, 3.8) is 0 Å². The number of pyridine rings is 1. The molecule has 6 nitrogen and oxygen atoms in total. The Morgan fingerprint density at radius 3 is 2.46 bits per heavy atom. The zero-order chi connectivity index (χ0) is 26.1. The quantitative estimate of drug-likeness (QED) is 0.197. The molecule has 1 atom stereocenters. The summed E-state index contributed by atoms with van der Waals surface area (Å²) in [4.78, 5) is 32.6. The summed E-state index contributed by atoms with van der Waals surface area (Å²) < 4.78 is 5.87. The molecule has 0 saturated carbocycles. The number of benzene rings is 3. The highest BCUT2D eigenvalue weighted by Crippen LogP contribution is 2.44. The predicted molar refractivity (Wildman–Crippen MR) is 144 cm³/mol. The number of rotatable bonds is 6. The first-order valence-electron chi connectivity index (χ1n) is 12.3. The van der Waals surface area contributed by atoms with E-state index in [9.17, 15) is 14.7 Å². The minimum Gasteiger partial charge on any atom is -0.507 e. The average Bonchev–Trinajstić information content (AvgIpc) is 3.17. The van der Waals surface area contributed by atoms with Crippen molar-refractivity contribution < 1.29 is 19.4 Å². The van der Waals surface area contributed by atoms with Gasteiger partial charge in [-0.25, -0.2) is 0 Å². The molecular weight excluding hydrogens is 464 g/mol. The van der Waals surface area contributed by atoms with Crippen molar-refractivity contribution in [1.29, 1.82) is 0 Å². The highest BCUT2D eigenvalue weighted by Gasteiger charge is 2.47. The van der Waals surface area contributed by atoms with Crippen LogP contribution in [0.2, 0.25) is 0 Å². The molecular formula is C31H28N2O4. The van der Waals surface area contributed by atoms with E-state index >= 15 is 0 Å². The van der Waals surface area contributed by atoms with Crippen molar-refractivity contribution >= 4 is 33.9 Å². The molecule has 1 N–H and O–H groups in total. The van der Waals surface area contributed by atoms with Gasteiger partial charge < -0.3 is 9.84 Å². The summed E-state index contributed by atoms with van der Waals surface area (Å²) in [6.45, 7) is 6.61. The molecule has 0 spiro atoms. The van der Waals surface area contributed by atoms with Gasteiger partial charge in [0.1, 0.15) is 11.5 Å². The number of Topliss-reactive ketones (excluding diaryl/α,β-unsaturated/α-hetero) is 1. The molecule has 6 heteroatoms. The fraction of sp³-hybridized carbons (Fsp3) is 0.194. The number of amides is 1. The van der Waals surface area contributed by atoms with Crippen LogP contribution >= 0.6 is 0 Å². The standard InChI is InChI=1S/C31H28N2O4/c1-19(2)18-37-26-12-11-23(17-20(26)3)29(34)27-28(22-13-15-32-16-14-22)33(31(36)30(27)35)25-10-6-8-21-7-4-5-9-24(21)25/h4-17,19,28,34H,18H2,1-3H3/b29-27+. The van der Waals surface area contributed by atoms with Gasteiger partial charge in [-0.1, -0.05) is 50.2 Å². The summed E-state index contributed by atoms with van der Waals surface area (Å²) in [5.74, 6) is -0.551. The molecule has 1 amide bonds. The van der Waals surface area contributed by atoms with E-state index < -0.39 is 17.7 Å². The van der Waals surface area contributed by atoms with Crippen LogP contribution in [0.3, 0.4) is 0 Å².